The Morgan fingerprint density at radius 3 is 2.33 bits per heavy atom. The Morgan fingerprint density at radius 2 is 1.86 bits per heavy atom. The van der Waals surface area contributed by atoms with Gasteiger partial charge in [0.25, 0.3) is 0 Å². The van der Waals surface area contributed by atoms with Gasteiger partial charge in [-0.05, 0) is 24.3 Å². The number of aliphatic carboxylic acids is 1. The maximum atomic E-state index is 13.3. The molecular weight excluding hydrogens is 286 g/mol. The van der Waals surface area contributed by atoms with E-state index in [0.29, 0.717) is 5.69 Å². The van der Waals surface area contributed by atoms with Gasteiger partial charge in [-0.25, -0.2) is 18.4 Å². The summed E-state index contributed by atoms with van der Waals surface area (Å²) in [7, 11) is 1.44. The molecule has 1 heterocycles. The van der Waals surface area contributed by atoms with Gasteiger partial charge in [-0.3, -0.25) is 4.90 Å². The van der Waals surface area contributed by atoms with E-state index in [1.54, 1.807) is 0 Å². The predicted molar refractivity (Wildman–Crippen MR) is 69.3 cm³/mol. The monoisotopic (exact) mass is 300 g/mol. The second-order valence-corrected chi connectivity index (χ2v) is 4.98. The Morgan fingerprint density at radius 1 is 1.33 bits per heavy atom. The largest absolute Gasteiger partial charge is 0.479 e. The summed E-state index contributed by atoms with van der Waals surface area (Å²) < 4.78 is 26.1. The maximum Gasteiger partial charge on any atom is 0.341 e. The van der Waals surface area contributed by atoms with Gasteiger partial charge in [-0.2, -0.15) is 0 Å². The number of rotatable bonds is 3. The predicted octanol–water partition coefficient (Wildman–Crippen LogP) is 0.851. The zero-order valence-corrected chi connectivity index (χ0v) is 11.2. The molecule has 0 spiro atoms. The van der Waals surface area contributed by atoms with Gasteiger partial charge in [0, 0.05) is 12.7 Å². The number of urea groups is 1. The van der Waals surface area contributed by atoms with E-state index in [1.807, 2.05) is 0 Å². The van der Waals surface area contributed by atoms with Gasteiger partial charge in [0.05, 0.1) is 13.1 Å². The summed E-state index contributed by atoms with van der Waals surface area (Å²) in [4.78, 5) is 24.9. The average Bonchev–Trinajstić information content (AvgIpc) is 2.42. The van der Waals surface area contributed by atoms with Gasteiger partial charge in [0.15, 0.2) is 0 Å². The summed E-state index contributed by atoms with van der Waals surface area (Å²) >= 11 is 0. The molecule has 1 atom stereocenters. The fourth-order valence-electron chi connectivity index (χ4n) is 2.13. The van der Waals surface area contributed by atoms with Crippen molar-refractivity contribution in [2.24, 2.45) is 0 Å². The number of amides is 2. The Kier molecular flexibility index (Phi) is 3.82. The fourth-order valence-corrected chi connectivity index (χ4v) is 2.13. The first-order valence-electron chi connectivity index (χ1n) is 6.12. The summed E-state index contributed by atoms with van der Waals surface area (Å²) in [6, 6.07) is 4.63. The minimum absolute atomic E-state index is 0.412. The zero-order valence-electron chi connectivity index (χ0n) is 11.2. The Hall–Kier alpha value is -2.22. The topological polar surface area (TPSA) is 81.1 Å². The molecule has 1 saturated heterocycles. The first kappa shape index (κ1) is 15.2. The number of hydrogen-bond donors (Lipinski definition) is 2. The van der Waals surface area contributed by atoms with Crippen LogP contribution in [0.1, 0.15) is 0 Å². The molecule has 0 bridgehead atoms. The zero-order chi connectivity index (χ0) is 15.8. The first-order chi connectivity index (χ1) is 9.74. The number of likely N-dealkylation sites (tertiary alicyclic amines) is 1. The van der Waals surface area contributed by atoms with Gasteiger partial charge in [-0.1, -0.05) is 0 Å². The van der Waals surface area contributed by atoms with Crippen LogP contribution in [-0.2, 0) is 4.79 Å². The van der Waals surface area contributed by atoms with Crippen molar-refractivity contribution in [3.05, 3.63) is 30.1 Å². The van der Waals surface area contributed by atoms with Crippen molar-refractivity contribution >= 4 is 17.7 Å². The van der Waals surface area contributed by atoms with Crippen LogP contribution >= 0.6 is 0 Å². The van der Waals surface area contributed by atoms with Crippen molar-refractivity contribution in [1.82, 2.24) is 4.90 Å². The third-order valence-corrected chi connectivity index (χ3v) is 3.39. The van der Waals surface area contributed by atoms with E-state index in [0.717, 1.165) is 4.90 Å². The van der Waals surface area contributed by atoms with Crippen molar-refractivity contribution in [3.63, 3.8) is 0 Å². The summed E-state index contributed by atoms with van der Waals surface area (Å²) in [5, 5.41) is 18.3. The lowest BCUT2D eigenvalue weighted by molar-refractivity contribution is -0.169. The molecule has 1 aliphatic heterocycles. The maximum absolute atomic E-state index is 13.3. The van der Waals surface area contributed by atoms with Crippen molar-refractivity contribution in [1.29, 1.82) is 0 Å². The molecule has 1 aromatic rings. The van der Waals surface area contributed by atoms with Gasteiger partial charge in [0.2, 0.25) is 6.17 Å². The molecule has 2 rings (SSSR count). The molecule has 0 radical (unpaired) electrons. The van der Waals surface area contributed by atoms with E-state index in [-0.39, 0.29) is 0 Å². The van der Waals surface area contributed by atoms with Crippen molar-refractivity contribution in [3.8, 4) is 0 Å². The third-order valence-electron chi connectivity index (χ3n) is 3.39. The Balaban J connectivity index is 2.00. The van der Waals surface area contributed by atoms with Gasteiger partial charge in [-0.15, -0.1) is 0 Å². The van der Waals surface area contributed by atoms with Crippen LogP contribution in [0.2, 0.25) is 0 Å². The highest BCUT2D eigenvalue weighted by atomic mass is 19.1. The molecule has 0 saturated carbocycles. The number of β-amino-alcohol motifs (C(OH)–C–C–N with tert-alkyl or cyclic N) is 1. The van der Waals surface area contributed by atoms with Crippen LogP contribution in [0.5, 0.6) is 0 Å². The van der Waals surface area contributed by atoms with Gasteiger partial charge >= 0.3 is 12.0 Å². The van der Waals surface area contributed by atoms with Gasteiger partial charge in [0.1, 0.15) is 11.4 Å². The fraction of sp³-hybridized carbons (Fsp3) is 0.385. The number of halogens is 2. The molecule has 6 nitrogen and oxygen atoms in total. The lowest BCUT2D eigenvalue weighted by atomic mass is 9.89. The van der Waals surface area contributed by atoms with Crippen molar-refractivity contribution < 1.29 is 28.6 Å². The van der Waals surface area contributed by atoms with Crippen molar-refractivity contribution in [2.45, 2.75) is 11.8 Å². The molecule has 1 unspecified atom stereocenters. The highest BCUT2D eigenvalue weighted by Gasteiger charge is 2.53. The number of benzene rings is 1. The number of aliphatic hydroxyl groups is 1. The van der Waals surface area contributed by atoms with Crippen LogP contribution < -0.4 is 4.90 Å². The molecule has 0 aliphatic carbocycles. The molecule has 0 aromatic heterocycles. The number of carboxylic acid groups (broad SMARTS) is 1. The number of nitrogens with zero attached hydrogens (tertiary/aromatic N) is 2. The molecular formula is C13H14F2N2O4. The number of carbonyl (C=O) groups is 2. The third kappa shape index (κ3) is 2.80. The number of carboxylic acids is 1. The van der Waals surface area contributed by atoms with Crippen molar-refractivity contribution in [2.75, 3.05) is 25.0 Å². The van der Waals surface area contributed by atoms with E-state index >= 15 is 0 Å². The lowest BCUT2D eigenvalue weighted by Crippen LogP contribution is -2.70. The summed E-state index contributed by atoms with van der Waals surface area (Å²) in [5.41, 5.74) is -1.64. The van der Waals surface area contributed by atoms with E-state index < -0.39 is 42.7 Å². The molecule has 1 aromatic carbocycles. The van der Waals surface area contributed by atoms with Crippen LogP contribution in [0.25, 0.3) is 0 Å². The molecule has 1 fully saturated rings. The lowest BCUT2D eigenvalue weighted by Gasteiger charge is -2.47. The van der Waals surface area contributed by atoms with Crippen LogP contribution in [0.3, 0.4) is 0 Å². The smallest absolute Gasteiger partial charge is 0.341 e. The highest BCUT2D eigenvalue weighted by Crippen LogP contribution is 2.28. The van der Waals surface area contributed by atoms with Crippen LogP contribution in [0, 0.1) is 5.82 Å². The second kappa shape index (κ2) is 5.28. The standard InChI is InChI=1S/C13H14F2N2O4/c1-16(9-4-2-8(14)3-5-9)12(20)17-6-13(21,7-17)10(15)11(18)19/h2-5,10,21H,6-7H2,1H3,(H,18,19). The van der Waals surface area contributed by atoms with E-state index in [4.69, 9.17) is 5.11 Å². The van der Waals surface area contributed by atoms with Crippen LogP contribution in [0.15, 0.2) is 24.3 Å². The quantitative estimate of drug-likeness (QED) is 0.867. The Labute approximate surface area is 119 Å². The molecule has 2 amide bonds. The normalized spacial score (nSPS) is 17.8. The minimum Gasteiger partial charge on any atom is -0.479 e. The number of hydrogen-bond acceptors (Lipinski definition) is 3. The van der Waals surface area contributed by atoms with E-state index in [9.17, 15) is 23.5 Å². The second-order valence-electron chi connectivity index (χ2n) is 4.98. The molecule has 114 valence electrons. The molecule has 1 aliphatic rings. The van der Waals surface area contributed by atoms with Crippen LogP contribution in [-0.4, -0.2) is 59.0 Å². The summed E-state index contributed by atoms with van der Waals surface area (Å²) in [5.74, 6) is -2.21. The average molecular weight is 300 g/mol. The molecule has 21 heavy (non-hydrogen) atoms. The van der Waals surface area contributed by atoms with Gasteiger partial charge < -0.3 is 15.1 Å². The number of carbonyl (C=O) groups excluding carboxylic acids is 1. The number of anilines is 1. The molecule has 8 heteroatoms. The Bertz CT molecular complexity index is 558. The molecule has 2 N–H and O–H groups in total. The van der Waals surface area contributed by atoms with E-state index in [2.05, 4.69) is 0 Å². The summed E-state index contributed by atoms with van der Waals surface area (Å²) in [6.07, 6.45) is -2.45. The number of alkyl halides is 1. The first-order valence-corrected chi connectivity index (χ1v) is 6.12. The summed E-state index contributed by atoms with van der Waals surface area (Å²) in [6.45, 7) is -0.824. The van der Waals surface area contributed by atoms with Crippen LogP contribution in [0.4, 0.5) is 19.3 Å². The van der Waals surface area contributed by atoms with E-state index in [1.165, 1.54) is 36.2 Å². The SMILES string of the molecule is CN(C(=O)N1CC(O)(C(F)C(=O)O)C1)c1ccc(F)cc1. The highest BCUT2D eigenvalue weighted by molar-refractivity contribution is 5.92. The minimum atomic E-state index is -2.45.